The Hall–Kier alpha value is -0.660. The third kappa shape index (κ3) is 6.60. The molecular formula is C15H28O2. The minimum Gasteiger partial charge on any atom is -0.299 e. The van der Waals surface area contributed by atoms with Crippen molar-refractivity contribution in [2.45, 2.75) is 73.1 Å². The number of ketones is 2. The maximum absolute atomic E-state index is 11.9. The second kappa shape index (κ2) is 7.62. The number of hydrogen-bond acceptors (Lipinski definition) is 2. The Labute approximate surface area is 106 Å². The van der Waals surface area contributed by atoms with E-state index in [1.807, 2.05) is 20.8 Å². The molecule has 17 heavy (non-hydrogen) atoms. The van der Waals surface area contributed by atoms with Crippen molar-refractivity contribution >= 4 is 11.6 Å². The van der Waals surface area contributed by atoms with Crippen LogP contribution in [0.15, 0.2) is 0 Å². The predicted molar refractivity (Wildman–Crippen MR) is 72.0 cm³/mol. The van der Waals surface area contributed by atoms with Gasteiger partial charge in [-0.15, -0.1) is 0 Å². The molecule has 0 saturated heterocycles. The lowest BCUT2D eigenvalue weighted by atomic mass is 9.81. The van der Waals surface area contributed by atoms with E-state index in [1.165, 1.54) is 19.3 Å². The van der Waals surface area contributed by atoms with Crippen LogP contribution >= 0.6 is 0 Å². The van der Waals surface area contributed by atoms with Crippen LogP contribution in [0.4, 0.5) is 0 Å². The summed E-state index contributed by atoms with van der Waals surface area (Å²) in [6.45, 7) is 9.55. The molecule has 100 valence electrons. The molecule has 2 nitrogen and oxygen atoms in total. The van der Waals surface area contributed by atoms with Crippen molar-refractivity contribution in [2.75, 3.05) is 0 Å². The molecule has 0 aliphatic heterocycles. The summed E-state index contributed by atoms with van der Waals surface area (Å²) in [5.41, 5.74) is -0.405. The van der Waals surface area contributed by atoms with Crippen LogP contribution in [0.2, 0.25) is 0 Å². The second-order valence-electron chi connectivity index (χ2n) is 5.97. The Kier molecular flexibility index (Phi) is 7.33. The predicted octanol–water partition coefficient (Wildman–Crippen LogP) is 4.17. The fraction of sp³-hybridized carbons (Fsp3) is 0.867. The first-order valence-electron chi connectivity index (χ1n) is 6.87. The first-order chi connectivity index (χ1) is 7.80. The molecular weight excluding hydrogens is 212 g/mol. The van der Waals surface area contributed by atoms with E-state index in [1.54, 1.807) is 6.92 Å². The standard InChI is InChI=1S/C15H28O2/c1-6-7-8-9-10-11-13(16)12(2)14(17)15(3,4)5/h12H,6-11H2,1-5H3. The third-order valence-corrected chi connectivity index (χ3v) is 3.14. The highest BCUT2D eigenvalue weighted by Crippen LogP contribution is 2.22. The van der Waals surface area contributed by atoms with Crippen molar-refractivity contribution in [3.05, 3.63) is 0 Å². The quantitative estimate of drug-likeness (QED) is 0.471. The molecule has 2 heteroatoms. The Morgan fingerprint density at radius 3 is 2.00 bits per heavy atom. The van der Waals surface area contributed by atoms with Crippen LogP contribution < -0.4 is 0 Å². The Bertz CT molecular complexity index is 248. The molecule has 0 aromatic heterocycles. The lowest BCUT2D eigenvalue weighted by Gasteiger charge is -2.20. The average molecular weight is 240 g/mol. The molecule has 0 aliphatic rings. The summed E-state index contributed by atoms with van der Waals surface area (Å²) < 4.78 is 0. The van der Waals surface area contributed by atoms with Crippen LogP contribution in [0, 0.1) is 11.3 Å². The molecule has 0 bridgehead atoms. The topological polar surface area (TPSA) is 34.1 Å². The summed E-state index contributed by atoms with van der Waals surface area (Å²) in [6.07, 6.45) is 6.26. The van der Waals surface area contributed by atoms with Gasteiger partial charge in [-0.05, 0) is 13.3 Å². The minimum atomic E-state index is -0.429. The highest BCUT2D eigenvalue weighted by atomic mass is 16.2. The average Bonchev–Trinajstić information content (AvgIpc) is 2.25. The van der Waals surface area contributed by atoms with Gasteiger partial charge in [-0.3, -0.25) is 9.59 Å². The Morgan fingerprint density at radius 1 is 1.00 bits per heavy atom. The van der Waals surface area contributed by atoms with Gasteiger partial charge in [0.05, 0.1) is 5.92 Å². The van der Waals surface area contributed by atoms with Gasteiger partial charge in [-0.25, -0.2) is 0 Å². The van der Waals surface area contributed by atoms with Gasteiger partial charge in [0.1, 0.15) is 11.6 Å². The van der Waals surface area contributed by atoms with Gasteiger partial charge in [0, 0.05) is 11.8 Å². The van der Waals surface area contributed by atoms with E-state index in [9.17, 15) is 9.59 Å². The fourth-order valence-electron chi connectivity index (χ4n) is 1.92. The van der Waals surface area contributed by atoms with Gasteiger partial charge in [0.15, 0.2) is 0 Å². The second-order valence-corrected chi connectivity index (χ2v) is 5.97. The molecule has 0 aromatic carbocycles. The van der Waals surface area contributed by atoms with Crippen LogP contribution in [0.3, 0.4) is 0 Å². The number of carbonyl (C=O) groups is 2. The molecule has 0 spiro atoms. The third-order valence-electron chi connectivity index (χ3n) is 3.14. The molecule has 0 amide bonds. The summed E-state index contributed by atoms with van der Waals surface area (Å²) in [7, 11) is 0. The maximum Gasteiger partial charge on any atom is 0.148 e. The van der Waals surface area contributed by atoms with E-state index in [0.717, 1.165) is 12.8 Å². The van der Waals surface area contributed by atoms with E-state index in [-0.39, 0.29) is 11.6 Å². The van der Waals surface area contributed by atoms with Crippen LogP contribution in [0.5, 0.6) is 0 Å². The molecule has 0 aromatic rings. The van der Waals surface area contributed by atoms with Crippen LogP contribution in [-0.4, -0.2) is 11.6 Å². The number of hydrogen-bond donors (Lipinski definition) is 0. The monoisotopic (exact) mass is 240 g/mol. The van der Waals surface area contributed by atoms with Crippen LogP contribution in [0.1, 0.15) is 73.1 Å². The molecule has 0 rings (SSSR count). The summed E-state index contributed by atoms with van der Waals surface area (Å²) in [5.74, 6) is -0.251. The smallest absolute Gasteiger partial charge is 0.148 e. The van der Waals surface area contributed by atoms with Crippen molar-refractivity contribution in [1.29, 1.82) is 0 Å². The molecule has 0 fully saturated rings. The van der Waals surface area contributed by atoms with E-state index in [2.05, 4.69) is 6.92 Å². The summed E-state index contributed by atoms with van der Waals surface area (Å²) in [5, 5.41) is 0. The summed E-state index contributed by atoms with van der Waals surface area (Å²) in [4.78, 5) is 23.8. The first-order valence-corrected chi connectivity index (χ1v) is 6.87. The molecule has 0 heterocycles. The molecule has 0 saturated carbocycles. The van der Waals surface area contributed by atoms with Crippen molar-refractivity contribution in [3.8, 4) is 0 Å². The lowest BCUT2D eigenvalue weighted by Crippen LogP contribution is -2.31. The van der Waals surface area contributed by atoms with Crippen LogP contribution in [0.25, 0.3) is 0 Å². The SMILES string of the molecule is CCCCCCCC(=O)C(C)C(=O)C(C)(C)C. The van der Waals surface area contributed by atoms with E-state index in [4.69, 9.17) is 0 Å². The summed E-state index contributed by atoms with van der Waals surface area (Å²) >= 11 is 0. The number of Topliss-reactive ketones (excluding diaryl/α,β-unsaturated/α-hetero) is 2. The van der Waals surface area contributed by atoms with E-state index >= 15 is 0 Å². The van der Waals surface area contributed by atoms with E-state index in [0.29, 0.717) is 6.42 Å². The Balaban J connectivity index is 3.95. The van der Waals surface area contributed by atoms with Gasteiger partial charge >= 0.3 is 0 Å². The van der Waals surface area contributed by atoms with Crippen molar-refractivity contribution in [2.24, 2.45) is 11.3 Å². The zero-order chi connectivity index (χ0) is 13.5. The van der Waals surface area contributed by atoms with Crippen molar-refractivity contribution in [1.82, 2.24) is 0 Å². The van der Waals surface area contributed by atoms with Gasteiger partial charge in [-0.1, -0.05) is 53.4 Å². The zero-order valence-electron chi connectivity index (χ0n) is 12.1. The largest absolute Gasteiger partial charge is 0.299 e. The van der Waals surface area contributed by atoms with Gasteiger partial charge in [-0.2, -0.15) is 0 Å². The highest BCUT2D eigenvalue weighted by Gasteiger charge is 2.30. The zero-order valence-corrected chi connectivity index (χ0v) is 12.1. The number of carbonyl (C=O) groups excluding carboxylic acids is 2. The van der Waals surface area contributed by atoms with E-state index < -0.39 is 11.3 Å². The maximum atomic E-state index is 11.9. The minimum absolute atomic E-state index is 0.0658. The number of rotatable bonds is 8. The molecule has 0 N–H and O–H groups in total. The lowest BCUT2D eigenvalue weighted by molar-refractivity contribution is -0.137. The normalized spacial score (nSPS) is 13.5. The molecule has 1 unspecified atom stereocenters. The van der Waals surface area contributed by atoms with Gasteiger partial charge in [0.25, 0.3) is 0 Å². The van der Waals surface area contributed by atoms with Crippen LogP contribution in [-0.2, 0) is 9.59 Å². The van der Waals surface area contributed by atoms with Gasteiger partial charge < -0.3 is 0 Å². The molecule has 0 aliphatic carbocycles. The number of unbranched alkanes of at least 4 members (excludes halogenated alkanes) is 4. The van der Waals surface area contributed by atoms with Crippen molar-refractivity contribution in [3.63, 3.8) is 0 Å². The van der Waals surface area contributed by atoms with Gasteiger partial charge in [0.2, 0.25) is 0 Å². The molecule has 1 atom stereocenters. The van der Waals surface area contributed by atoms with Crippen molar-refractivity contribution < 1.29 is 9.59 Å². The first kappa shape index (κ1) is 16.3. The fourth-order valence-corrected chi connectivity index (χ4v) is 1.92. The summed E-state index contributed by atoms with van der Waals surface area (Å²) in [6, 6.07) is 0. The highest BCUT2D eigenvalue weighted by molar-refractivity contribution is 6.04. The molecule has 0 radical (unpaired) electrons. The Morgan fingerprint density at radius 2 is 1.53 bits per heavy atom.